The van der Waals surface area contributed by atoms with E-state index in [1.807, 2.05) is 0 Å². The molecule has 2 fully saturated rings. The second-order valence-electron chi connectivity index (χ2n) is 6.52. The van der Waals surface area contributed by atoms with Gasteiger partial charge in [0.25, 0.3) is 0 Å². The first-order chi connectivity index (χ1) is 7.63. The van der Waals surface area contributed by atoms with E-state index in [-0.39, 0.29) is 0 Å². The van der Waals surface area contributed by atoms with Gasteiger partial charge >= 0.3 is 0 Å². The molecule has 0 aromatic carbocycles. The van der Waals surface area contributed by atoms with Gasteiger partial charge in [0.15, 0.2) is 0 Å². The maximum Gasteiger partial charge on any atom is 0.00502 e. The maximum absolute atomic E-state index is 6.07. The van der Waals surface area contributed by atoms with Crippen molar-refractivity contribution in [3.05, 3.63) is 0 Å². The van der Waals surface area contributed by atoms with Gasteiger partial charge in [-0.15, -0.1) is 0 Å². The lowest BCUT2D eigenvalue weighted by molar-refractivity contribution is 0.106. The first-order valence-electron chi connectivity index (χ1n) is 7.06. The first kappa shape index (κ1) is 12.4. The molecular formula is C14H28N2. The zero-order valence-electron chi connectivity index (χ0n) is 11.0. The summed E-state index contributed by atoms with van der Waals surface area (Å²) in [6.45, 7) is 9.53. The molecule has 2 aliphatic rings. The van der Waals surface area contributed by atoms with Gasteiger partial charge in [-0.05, 0) is 49.6 Å². The number of hydrogen-bond donors (Lipinski definition) is 1. The van der Waals surface area contributed by atoms with E-state index in [1.54, 1.807) is 0 Å². The number of nitrogens with two attached hydrogens (primary N) is 1. The minimum atomic E-state index is 0.455. The van der Waals surface area contributed by atoms with Gasteiger partial charge < -0.3 is 10.6 Å². The largest absolute Gasteiger partial charge is 0.330 e. The third-order valence-electron chi connectivity index (χ3n) is 4.83. The fourth-order valence-electron chi connectivity index (χ4n) is 3.45. The van der Waals surface area contributed by atoms with Crippen LogP contribution in [0.4, 0.5) is 0 Å². The minimum absolute atomic E-state index is 0.455. The average molecular weight is 224 g/mol. The molecule has 0 bridgehead atoms. The zero-order valence-corrected chi connectivity index (χ0v) is 11.0. The first-order valence-corrected chi connectivity index (χ1v) is 7.06. The van der Waals surface area contributed by atoms with Gasteiger partial charge in [-0.2, -0.15) is 0 Å². The molecule has 94 valence electrons. The summed E-state index contributed by atoms with van der Waals surface area (Å²) in [4.78, 5) is 2.66. The molecule has 1 saturated carbocycles. The van der Waals surface area contributed by atoms with Crippen LogP contribution in [0.15, 0.2) is 0 Å². The summed E-state index contributed by atoms with van der Waals surface area (Å²) in [5, 5.41) is 0. The molecule has 0 spiro atoms. The SMILES string of the molecule is CC1CCC(CN)(CN2CCC(C)C2)CC1. The topological polar surface area (TPSA) is 29.3 Å². The summed E-state index contributed by atoms with van der Waals surface area (Å²) < 4.78 is 0. The Bertz CT molecular complexity index is 219. The van der Waals surface area contributed by atoms with Crippen LogP contribution >= 0.6 is 0 Å². The van der Waals surface area contributed by atoms with Crippen LogP contribution in [0.25, 0.3) is 0 Å². The van der Waals surface area contributed by atoms with Crippen LogP contribution in [-0.2, 0) is 0 Å². The Labute approximate surface area is 101 Å². The van der Waals surface area contributed by atoms with Crippen LogP contribution < -0.4 is 5.73 Å². The Balaban J connectivity index is 1.89. The summed E-state index contributed by atoms with van der Waals surface area (Å²) in [5.74, 6) is 1.83. The zero-order chi connectivity index (χ0) is 11.6. The smallest absolute Gasteiger partial charge is 0.00502 e. The molecule has 2 rings (SSSR count). The van der Waals surface area contributed by atoms with Crippen LogP contribution in [0.1, 0.15) is 46.0 Å². The molecule has 1 heterocycles. The van der Waals surface area contributed by atoms with Crippen molar-refractivity contribution >= 4 is 0 Å². The van der Waals surface area contributed by atoms with E-state index in [0.717, 1.165) is 18.4 Å². The molecule has 1 saturated heterocycles. The fourth-order valence-corrected chi connectivity index (χ4v) is 3.45. The summed E-state index contributed by atoms with van der Waals surface area (Å²) >= 11 is 0. The normalized spacial score (nSPS) is 41.4. The number of hydrogen-bond acceptors (Lipinski definition) is 2. The van der Waals surface area contributed by atoms with Gasteiger partial charge in [0.05, 0.1) is 0 Å². The van der Waals surface area contributed by atoms with E-state index in [9.17, 15) is 0 Å². The van der Waals surface area contributed by atoms with Gasteiger partial charge in [0, 0.05) is 13.1 Å². The van der Waals surface area contributed by atoms with E-state index in [1.165, 1.54) is 51.7 Å². The quantitative estimate of drug-likeness (QED) is 0.798. The highest BCUT2D eigenvalue weighted by Gasteiger charge is 2.35. The molecule has 0 amide bonds. The summed E-state index contributed by atoms with van der Waals surface area (Å²) in [7, 11) is 0. The molecule has 2 nitrogen and oxygen atoms in total. The van der Waals surface area contributed by atoms with Gasteiger partial charge in [0.2, 0.25) is 0 Å². The van der Waals surface area contributed by atoms with Crippen LogP contribution in [0.5, 0.6) is 0 Å². The lowest BCUT2D eigenvalue weighted by Crippen LogP contribution is -2.44. The lowest BCUT2D eigenvalue weighted by Gasteiger charge is -2.41. The van der Waals surface area contributed by atoms with Crippen LogP contribution in [0, 0.1) is 17.3 Å². The van der Waals surface area contributed by atoms with E-state index in [2.05, 4.69) is 18.7 Å². The van der Waals surface area contributed by atoms with E-state index in [4.69, 9.17) is 5.73 Å². The highest BCUT2D eigenvalue weighted by molar-refractivity contribution is 4.89. The third-order valence-corrected chi connectivity index (χ3v) is 4.83. The highest BCUT2D eigenvalue weighted by atomic mass is 15.2. The van der Waals surface area contributed by atoms with Gasteiger partial charge in [0.1, 0.15) is 0 Å². The predicted molar refractivity (Wildman–Crippen MR) is 69.3 cm³/mol. The van der Waals surface area contributed by atoms with Crippen molar-refractivity contribution in [2.75, 3.05) is 26.2 Å². The summed E-state index contributed by atoms with van der Waals surface area (Å²) in [6, 6.07) is 0. The van der Waals surface area contributed by atoms with E-state index < -0.39 is 0 Å². The average Bonchev–Trinajstić information content (AvgIpc) is 2.68. The second-order valence-corrected chi connectivity index (χ2v) is 6.52. The Morgan fingerprint density at radius 3 is 2.31 bits per heavy atom. The van der Waals surface area contributed by atoms with Crippen LogP contribution in [-0.4, -0.2) is 31.1 Å². The molecule has 0 radical (unpaired) electrons. The molecule has 1 aliphatic heterocycles. The molecule has 0 aromatic heterocycles. The van der Waals surface area contributed by atoms with Gasteiger partial charge in [-0.1, -0.05) is 26.7 Å². The van der Waals surface area contributed by atoms with Crippen molar-refractivity contribution in [1.29, 1.82) is 0 Å². The van der Waals surface area contributed by atoms with Crippen LogP contribution in [0.3, 0.4) is 0 Å². The molecule has 16 heavy (non-hydrogen) atoms. The molecule has 1 unspecified atom stereocenters. The van der Waals surface area contributed by atoms with Crippen molar-refractivity contribution in [2.24, 2.45) is 23.0 Å². The predicted octanol–water partition coefficient (Wildman–Crippen LogP) is 2.48. The van der Waals surface area contributed by atoms with Crippen molar-refractivity contribution < 1.29 is 0 Å². The summed E-state index contributed by atoms with van der Waals surface area (Å²) in [5.41, 5.74) is 6.52. The number of likely N-dealkylation sites (tertiary alicyclic amines) is 1. The highest BCUT2D eigenvalue weighted by Crippen LogP contribution is 2.39. The molecular weight excluding hydrogens is 196 g/mol. The van der Waals surface area contributed by atoms with Gasteiger partial charge in [-0.3, -0.25) is 0 Å². The maximum atomic E-state index is 6.07. The summed E-state index contributed by atoms with van der Waals surface area (Å²) in [6.07, 6.45) is 6.88. The van der Waals surface area contributed by atoms with Crippen molar-refractivity contribution in [1.82, 2.24) is 4.90 Å². The van der Waals surface area contributed by atoms with Crippen molar-refractivity contribution in [3.63, 3.8) is 0 Å². The van der Waals surface area contributed by atoms with E-state index in [0.29, 0.717) is 5.41 Å². The van der Waals surface area contributed by atoms with Crippen LogP contribution in [0.2, 0.25) is 0 Å². The Hall–Kier alpha value is -0.0800. The van der Waals surface area contributed by atoms with Crippen molar-refractivity contribution in [3.8, 4) is 0 Å². The Morgan fingerprint density at radius 2 is 1.81 bits per heavy atom. The van der Waals surface area contributed by atoms with Gasteiger partial charge in [-0.25, -0.2) is 0 Å². The molecule has 1 atom stereocenters. The fraction of sp³-hybridized carbons (Fsp3) is 1.00. The van der Waals surface area contributed by atoms with E-state index >= 15 is 0 Å². The number of nitrogens with zero attached hydrogens (tertiary/aromatic N) is 1. The minimum Gasteiger partial charge on any atom is -0.330 e. The Kier molecular flexibility index (Phi) is 3.91. The standard InChI is InChI=1S/C14H28N2/c1-12-3-6-14(10-15,7-4-12)11-16-8-5-13(2)9-16/h12-13H,3-11,15H2,1-2H3. The molecule has 2 N–H and O–H groups in total. The number of rotatable bonds is 3. The molecule has 2 heteroatoms. The molecule has 1 aliphatic carbocycles. The molecule has 0 aromatic rings. The monoisotopic (exact) mass is 224 g/mol. The third kappa shape index (κ3) is 2.78. The van der Waals surface area contributed by atoms with Crippen molar-refractivity contribution in [2.45, 2.75) is 46.0 Å². The lowest BCUT2D eigenvalue weighted by atomic mass is 9.70. The Morgan fingerprint density at radius 1 is 1.12 bits per heavy atom. The second kappa shape index (κ2) is 5.05.